The van der Waals surface area contributed by atoms with Crippen LogP contribution in [0, 0.1) is 26.6 Å². The van der Waals surface area contributed by atoms with Crippen molar-refractivity contribution >= 4 is 17.6 Å². The van der Waals surface area contributed by atoms with Crippen molar-refractivity contribution in [3.63, 3.8) is 0 Å². The van der Waals surface area contributed by atoms with Crippen LogP contribution in [-0.2, 0) is 22.6 Å². The second-order valence-electron chi connectivity index (χ2n) is 10.0. The highest BCUT2D eigenvalue weighted by Gasteiger charge is 2.24. The third kappa shape index (κ3) is 8.40. The number of aryl methyl sites for hydroxylation is 3. The number of hydrogen-bond acceptors (Lipinski definition) is 5. The molecule has 0 bridgehead atoms. The van der Waals surface area contributed by atoms with Crippen molar-refractivity contribution in [2.45, 2.75) is 33.9 Å². The first kappa shape index (κ1) is 28.3. The molecule has 1 N–H and O–H groups in total. The summed E-state index contributed by atoms with van der Waals surface area (Å²) in [4.78, 5) is 32.6. The van der Waals surface area contributed by atoms with Gasteiger partial charge in [0.05, 0.1) is 19.8 Å². The van der Waals surface area contributed by atoms with Crippen LogP contribution in [0.1, 0.15) is 28.2 Å². The van der Waals surface area contributed by atoms with E-state index in [0.29, 0.717) is 37.8 Å². The maximum Gasteiger partial charge on any atom is 0.322 e. The van der Waals surface area contributed by atoms with Gasteiger partial charge >= 0.3 is 6.03 Å². The number of anilines is 1. The molecule has 1 fully saturated rings. The minimum Gasteiger partial charge on any atom is -0.464 e. The van der Waals surface area contributed by atoms with Gasteiger partial charge in [-0.25, -0.2) is 9.18 Å². The molecule has 4 rings (SSSR count). The van der Waals surface area contributed by atoms with Crippen molar-refractivity contribution in [2.24, 2.45) is 0 Å². The first-order valence-corrected chi connectivity index (χ1v) is 13.3. The molecule has 9 heteroatoms. The highest BCUT2D eigenvalue weighted by Crippen LogP contribution is 2.18. The molecule has 0 saturated carbocycles. The van der Waals surface area contributed by atoms with E-state index in [1.165, 1.54) is 12.1 Å². The third-order valence-electron chi connectivity index (χ3n) is 6.81. The van der Waals surface area contributed by atoms with E-state index in [4.69, 9.17) is 9.15 Å². The average Bonchev–Trinajstić information content (AvgIpc) is 3.33. The molecule has 0 radical (unpaired) electrons. The van der Waals surface area contributed by atoms with Crippen LogP contribution in [0.2, 0.25) is 0 Å². The van der Waals surface area contributed by atoms with Crippen LogP contribution in [0.5, 0.6) is 0 Å². The van der Waals surface area contributed by atoms with Crippen molar-refractivity contribution in [3.05, 3.63) is 88.6 Å². The summed E-state index contributed by atoms with van der Waals surface area (Å²) in [5.41, 5.74) is 3.56. The van der Waals surface area contributed by atoms with Crippen molar-refractivity contribution in [2.75, 3.05) is 51.3 Å². The van der Waals surface area contributed by atoms with Crippen LogP contribution in [0.15, 0.2) is 59.0 Å². The molecule has 1 saturated heterocycles. The maximum atomic E-state index is 13.7. The van der Waals surface area contributed by atoms with Gasteiger partial charge in [-0.1, -0.05) is 29.8 Å². The Labute approximate surface area is 229 Å². The molecular weight excluding hydrogens is 499 g/mol. The van der Waals surface area contributed by atoms with E-state index in [-0.39, 0.29) is 37.4 Å². The number of ether oxygens (including phenoxy) is 1. The highest BCUT2D eigenvalue weighted by atomic mass is 19.1. The molecule has 3 aromatic rings. The topological polar surface area (TPSA) is 78.3 Å². The van der Waals surface area contributed by atoms with Gasteiger partial charge in [0.25, 0.3) is 0 Å². The third-order valence-corrected chi connectivity index (χ3v) is 6.81. The predicted octanol–water partition coefficient (Wildman–Crippen LogP) is 4.74. The number of furan rings is 1. The molecule has 0 spiro atoms. The average molecular weight is 537 g/mol. The van der Waals surface area contributed by atoms with Crippen molar-refractivity contribution in [1.29, 1.82) is 0 Å². The van der Waals surface area contributed by atoms with Crippen LogP contribution >= 0.6 is 0 Å². The Morgan fingerprint density at radius 3 is 2.36 bits per heavy atom. The molecule has 1 aromatic heterocycles. The molecule has 0 atom stereocenters. The van der Waals surface area contributed by atoms with Crippen molar-refractivity contribution in [1.82, 2.24) is 14.7 Å². The molecular formula is C30H37FN4O4. The lowest BCUT2D eigenvalue weighted by Crippen LogP contribution is -2.48. The standard InChI is InChI=1S/C30H37FN4O4/c1-22-4-11-28(23(2)18-22)32-30(37)34(13-12-33-14-16-38-17-15-33)21-29(36)35(20-27-10-5-24(3)39-27)19-25-6-8-26(31)9-7-25/h4-11,18H,12-17,19-21H2,1-3H3,(H,32,37). The predicted molar refractivity (Wildman–Crippen MR) is 148 cm³/mol. The van der Waals surface area contributed by atoms with Gasteiger partial charge in [0.2, 0.25) is 5.91 Å². The fourth-order valence-electron chi connectivity index (χ4n) is 4.55. The molecule has 3 amide bonds. The number of urea groups is 1. The van der Waals surface area contributed by atoms with Gasteiger partial charge in [0, 0.05) is 38.4 Å². The second-order valence-corrected chi connectivity index (χ2v) is 10.0. The van der Waals surface area contributed by atoms with E-state index < -0.39 is 0 Å². The van der Waals surface area contributed by atoms with Crippen LogP contribution in [0.4, 0.5) is 14.9 Å². The number of halogens is 1. The van der Waals surface area contributed by atoms with Crippen molar-refractivity contribution in [3.8, 4) is 0 Å². The highest BCUT2D eigenvalue weighted by molar-refractivity contribution is 5.93. The first-order valence-electron chi connectivity index (χ1n) is 13.3. The SMILES string of the molecule is Cc1ccc(NC(=O)N(CCN2CCOCC2)CC(=O)N(Cc2ccc(F)cc2)Cc2ccc(C)o2)c(C)c1. The fraction of sp³-hybridized carbons (Fsp3) is 0.400. The van der Waals surface area contributed by atoms with E-state index in [1.807, 2.05) is 51.1 Å². The van der Waals surface area contributed by atoms with E-state index in [1.54, 1.807) is 21.9 Å². The van der Waals surface area contributed by atoms with E-state index in [0.717, 1.165) is 35.5 Å². The van der Waals surface area contributed by atoms with Gasteiger partial charge in [0.1, 0.15) is 23.9 Å². The van der Waals surface area contributed by atoms with E-state index >= 15 is 0 Å². The number of amides is 3. The maximum absolute atomic E-state index is 13.7. The number of benzene rings is 2. The largest absolute Gasteiger partial charge is 0.464 e. The summed E-state index contributed by atoms with van der Waals surface area (Å²) >= 11 is 0. The molecule has 2 heterocycles. The number of carbonyl (C=O) groups is 2. The molecule has 0 aliphatic carbocycles. The summed E-state index contributed by atoms with van der Waals surface area (Å²) in [5.74, 6) is 0.823. The van der Waals surface area contributed by atoms with Gasteiger partial charge < -0.3 is 24.3 Å². The number of hydrogen-bond donors (Lipinski definition) is 1. The lowest BCUT2D eigenvalue weighted by Gasteiger charge is -2.31. The Morgan fingerprint density at radius 2 is 1.69 bits per heavy atom. The molecule has 2 aromatic carbocycles. The Kier molecular flexibility index (Phi) is 9.73. The Bertz CT molecular complexity index is 1250. The zero-order valence-corrected chi connectivity index (χ0v) is 22.9. The quantitative estimate of drug-likeness (QED) is 0.405. The number of morpholine rings is 1. The normalized spacial score (nSPS) is 13.7. The second kappa shape index (κ2) is 13.4. The van der Waals surface area contributed by atoms with Crippen LogP contribution in [0.25, 0.3) is 0 Å². The first-order chi connectivity index (χ1) is 18.8. The van der Waals surface area contributed by atoms with Gasteiger partial charge in [0.15, 0.2) is 0 Å². The summed E-state index contributed by atoms with van der Waals surface area (Å²) in [7, 11) is 0. The zero-order chi connectivity index (χ0) is 27.8. The summed E-state index contributed by atoms with van der Waals surface area (Å²) in [6.45, 7) is 10.1. The van der Waals surface area contributed by atoms with E-state index in [2.05, 4.69) is 10.2 Å². The van der Waals surface area contributed by atoms with E-state index in [9.17, 15) is 14.0 Å². The molecule has 0 unspecified atom stereocenters. The molecule has 8 nitrogen and oxygen atoms in total. The summed E-state index contributed by atoms with van der Waals surface area (Å²) in [6.07, 6.45) is 0. The molecule has 1 aliphatic heterocycles. The monoisotopic (exact) mass is 536 g/mol. The number of nitrogens with one attached hydrogen (secondary N) is 1. The zero-order valence-electron chi connectivity index (χ0n) is 22.9. The Morgan fingerprint density at radius 1 is 0.949 bits per heavy atom. The lowest BCUT2D eigenvalue weighted by atomic mass is 10.1. The van der Waals surface area contributed by atoms with Crippen molar-refractivity contribution < 1.29 is 23.1 Å². The minimum atomic E-state index is -0.337. The number of carbonyl (C=O) groups excluding carboxylic acids is 2. The smallest absolute Gasteiger partial charge is 0.322 e. The van der Waals surface area contributed by atoms with Gasteiger partial charge in [-0.05, 0) is 62.2 Å². The summed E-state index contributed by atoms with van der Waals surface area (Å²) < 4.78 is 24.7. The summed E-state index contributed by atoms with van der Waals surface area (Å²) in [5, 5.41) is 2.99. The summed E-state index contributed by atoms with van der Waals surface area (Å²) in [6, 6.07) is 15.3. The van der Waals surface area contributed by atoms with Gasteiger partial charge in [-0.3, -0.25) is 9.69 Å². The lowest BCUT2D eigenvalue weighted by molar-refractivity contribution is -0.133. The molecule has 208 valence electrons. The van der Waals surface area contributed by atoms with Crippen LogP contribution in [-0.4, -0.2) is 72.6 Å². The number of nitrogens with zero attached hydrogens (tertiary/aromatic N) is 3. The number of rotatable bonds is 10. The van der Waals surface area contributed by atoms with Gasteiger partial charge in [-0.15, -0.1) is 0 Å². The minimum absolute atomic E-state index is 0.109. The van der Waals surface area contributed by atoms with Crippen LogP contribution in [0.3, 0.4) is 0 Å². The molecule has 39 heavy (non-hydrogen) atoms. The fourth-order valence-corrected chi connectivity index (χ4v) is 4.55. The molecule has 1 aliphatic rings. The van der Waals surface area contributed by atoms with Crippen LogP contribution < -0.4 is 5.32 Å². The Hall–Kier alpha value is -3.69. The van der Waals surface area contributed by atoms with Gasteiger partial charge in [-0.2, -0.15) is 0 Å². The Balaban J connectivity index is 1.52.